The van der Waals surface area contributed by atoms with E-state index in [0.717, 1.165) is 32.2 Å². The third-order valence-corrected chi connectivity index (χ3v) is 6.96. The minimum atomic E-state index is -0.310. The van der Waals surface area contributed by atoms with Crippen molar-refractivity contribution in [1.29, 1.82) is 0 Å². The van der Waals surface area contributed by atoms with E-state index in [1.165, 1.54) is 11.3 Å². The second-order valence-electron chi connectivity index (χ2n) is 7.46. The molecule has 0 aliphatic carbocycles. The van der Waals surface area contributed by atoms with Gasteiger partial charge < -0.3 is 15.4 Å². The van der Waals surface area contributed by atoms with Crippen LogP contribution in [0.25, 0.3) is 21.7 Å². The molecule has 0 aliphatic rings. The topological polar surface area (TPSA) is 106 Å². The van der Waals surface area contributed by atoms with Crippen LogP contribution in [-0.2, 0) is 9.53 Å². The number of anilines is 1. The summed E-state index contributed by atoms with van der Waals surface area (Å²) in [6.45, 7) is 0.689. The Morgan fingerprint density at radius 3 is 2.86 bits per heavy atom. The van der Waals surface area contributed by atoms with Crippen LogP contribution in [0, 0.1) is 0 Å². The Balaban J connectivity index is 1.52. The van der Waals surface area contributed by atoms with Gasteiger partial charge in [0.15, 0.2) is 0 Å². The highest BCUT2D eigenvalue weighted by atomic mass is 32.1. The van der Waals surface area contributed by atoms with Gasteiger partial charge in [-0.1, -0.05) is 0 Å². The number of aromatic nitrogens is 2. The summed E-state index contributed by atoms with van der Waals surface area (Å²) in [5.74, 6) is -0.496. The highest BCUT2D eigenvalue weighted by molar-refractivity contribution is 7.80. The van der Waals surface area contributed by atoms with Gasteiger partial charge in [-0.25, -0.2) is 4.98 Å². The zero-order valence-electron chi connectivity index (χ0n) is 19.3. The van der Waals surface area contributed by atoms with E-state index in [9.17, 15) is 9.59 Å². The highest BCUT2D eigenvalue weighted by Crippen LogP contribution is 2.34. The molecule has 1 aromatic carbocycles. The first-order valence-corrected chi connectivity index (χ1v) is 13.2. The average Bonchev–Trinajstić information content (AvgIpc) is 3.61. The highest BCUT2D eigenvalue weighted by Gasteiger charge is 2.16. The van der Waals surface area contributed by atoms with E-state index in [4.69, 9.17) is 4.74 Å². The van der Waals surface area contributed by atoms with E-state index in [1.54, 1.807) is 42.4 Å². The molecule has 0 saturated heterocycles. The molecule has 0 fully saturated rings. The van der Waals surface area contributed by atoms with Gasteiger partial charge in [0.25, 0.3) is 5.91 Å². The van der Waals surface area contributed by atoms with Crippen LogP contribution in [0.1, 0.15) is 16.1 Å². The maximum atomic E-state index is 13.1. The van der Waals surface area contributed by atoms with E-state index in [-0.39, 0.29) is 18.4 Å². The first-order valence-electron chi connectivity index (χ1n) is 10.9. The van der Waals surface area contributed by atoms with Crippen molar-refractivity contribution in [3.63, 3.8) is 0 Å². The Kier molecular flexibility index (Phi) is 8.95. The van der Waals surface area contributed by atoms with Crippen LogP contribution >= 0.6 is 35.3 Å². The summed E-state index contributed by atoms with van der Waals surface area (Å²) in [6.07, 6.45) is 5.10. The first kappa shape index (κ1) is 25.7. The fourth-order valence-electron chi connectivity index (χ4n) is 3.17. The van der Waals surface area contributed by atoms with Crippen LogP contribution in [0.3, 0.4) is 0 Å². The summed E-state index contributed by atoms with van der Waals surface area (Å²) in [5.41, 5.74) is 4.39. The maximum Gasteiger partial charge on any atom is 0.275 e. The molecule has 4 aromatic rings. The Labute approximate surface area is 221 Å². The Morgan fingerprint density at radius 2 is 2.11 bits per heavy atom. The lowest BCUT2D eigenvalue weighted by Crippen LogP contribution is -2.23. The number of carbonyl (C=O) groups excluding carboxylic acids is 2. The molecule has 11 heteroatoms. The number of rotatable bonds is 10. The van der Waals surface area contributed by atoms with Crippen molar-refractivity contribution in [3.05, 3.63) is 70.1 Å². The first-order chi connectivity index (χ1) is 17.5. The Bertz CT molecular complexity index is 1350. The van der Waals surface area contributed by atoms with E-state index in [1.807, 2.05) is 41.1 Å². The van der Waals surface area contributed by atoms with Crippen LogP contribution in [0.4, 0.5) is 5.69 Å². The van der Waals surface area contributed by atoms with Crippen LogP contribution < -0.4 is 10.6 Å². The lowest BCUT2D eigenvalue weighted by molar-refractivity contribution is -0.125. The molecule has 0 radical (unpaired) electrons. The molecular formula is C25H23N5O3S3. The predicted octanol–water partition coefficient (Wildman–Crippen LogP) is 4.66. The molecule has 36 heavy (non-hydrogen) atoms. The summed E-state index contributed by atoms with van der Waals surface area (Å²) in [7, 11) is 1.56. The number of benzene rings is 1. The second kappa shape index (κ2) is 12.5. The molecular weight excluding hydrogens is 515 g/mol. The van der Waals surface area contributed by atoms with E-state index >= 15 is 0 Å². The standard InChI is InChI=1S/C25H23N5O3S3/c1-26-23(31)13-33-7-6-28-12-18-9-20(19(10-22(18)34)17-4-8-35-14-17)29-24(32)21-15-36-25(30-21)16-3-2-5-27-11-16/h2-5,8-12,14-15,34H,6-7,13H2,1H3,(H,26,31)(H,29,32). The third kappa shape index (κ3) is 6.64. The number of thiol groups is 1. The molecule has 0 saturated carbocycles. The number of ether oxygens (including phenoxy) is 1. The number of nitrogens with zero attached hydrogens (tertiary/aromatic N) is 3. The van der Waals surface area contributed by atoms with Crippen molar-refractivity contribution in [2.75, 3.05) is 32.1 Å². The lowest BCUT2D eigenvalue weighted by atomic mass is 10.0. The summed E-state index contributed by atoms with van der Waals surface area (Å²) < 4.78 is 5.27. The zero-order valence-corrected chi connectivity index (χ0v) is 21.8. The number of hydrogen-bond donors (Lipinski definition) is 3. The number of amides is 2. The van der Waals surface area contributed by atoms with Crippen LogP contribution in [0.5, 0.6) is 0 Å². The van der Waals surface area contributed by atoms with Crippen LogP contribution in [0.2, 0.25) is 0 Å². The van der Waals surface area contributed by atoms with Crippen molar-refractivity contribution in [2.45, 2.75) is 4.90 Å². The van der Waals surface area contributed by atoms with Gasteiger partial charge in [-0.05, 0) is 46.7 Å². The number of thiazole rings is 1. The quantitative estimate of drug-likeness (QED) is 0.155. The zero-order chi connectivity index (χ0) is 25.3. The van der Waals surface area contributed by atoms with Crippen LogP contribution in [0.15, 0.2) is 68.8 Å². The smallest absolute Gasteiger partial charge is 0.275 e. The van der Waals surface area contributed by atoms with E-state index in [2.05, 4.69) is 38.2 Å². The van der Waals surface area contributed by atoms with Gasteiger partial charge in [0.1, 0.15) is 17.3 Å². The fraction of sp³-hybridized carbons (Fsp3) is 0.160. The average molecular weight is 538 g/mol. The van der Waals surface area contributed by atoms with Gasteiger partial charge in [0.05, 0.1) is 13.2 Å². The normalized spacial score (nSPS) is 11.1. The summed E-state index contributed by atoms with van der Waals surface area (Å²) >= 11 is 7.59. The fourth-order valence-corrected chi connectivity index (χ4v) is 4.87. The minimum absolute atomic E-state index is 0.00548. The van der Waals surface area contributed by atoms with Gasteiger partial charge in [-0.15, -0.1) is 24.0 Å². The van der Waals surface area contributed by atoms with E-state index in [0.29, 0.717) is 24.5 Å². The van der Waals surface area contributed by atoms with Gasteiger partial charge in [0.2, 0.25) is 5.91 Å². The molecule has 3 heterocycles. The van der Waals surface area contributed by atoms with Crippen molar-refractivity contribution < 1.29 is 14.3 Å². The molecule has 184 valence electrons. The van der Waals surface area contributed by atoms with Crippen LogP contribution in [-0.4, -0.2) is 54.8 Å². The largest absolute Gasteiger partial charge is 0.370 e. The lowest BCUT2D eigenvalue weighted by Gasteiger charge is -2.13. The van der Waals surface area contributed by atoms with Gasteiger partial charge in [0, 0.05) is 58.3 Å². The molecule has 0 aliphatic heterocycles. The maximum absolute atomic E-state index is 13.1. The molecule has 3 aromatic heterocycles. The number of likely N-dealkylation sites (N-methyl/N-ethyl adjacent to an activating group) is 1. The van der Waals surface area contributed by atoms with Gasteiger partial charge in [-0.2, -0.15) is 11.3 Å². The SMILES string of the molecule is CNC(=O)COCCN=Cc1cc(NC(=O)c2csc(-c3cccnc3)n2)c(-c2ccsc2)cc1S. The number of aliphatic imine (C=N–C) groups is 1. The number of thiophene rings is 1. The van der Waals surface area contributed by atoms with Crippen molar-refractivity contribution >= 4 is 59.0 Å². The monoisotopic (exact) mass is 537 g/mol. The number of carbonyl (C=O) groups is 2. The molecule has 8 nitrogen and oxygen atoms in total. The number of hydrogen-bond acceptors (Lipinski definition) is 9. The Hall–Kier alpha value is -3.38. The molecule has 0 atom stereocenters. The minimum Gasteiger partial charge on any atom is -0.370 e. The summed E-state index contributed by atoms with van der Waals surface area (Å²) in [6, 6.07) is 9.48. The van der Waals surface area contributed by atoms with Crippen molar-refractivity contribution in [2.24, 2.45) is 4.99 Å². The summed E-state index contributed by atoms with van der Waals surface area (Å²) in [4.78, 5) is 38.0. The molecule has 0 spiro atoms. The van der Waals surface area contributed by atoms with Gasteiger partial charge >= 0.3 is 0 Å². The van der Waals surface area contributed by atoms with Crippen molar-refractivity contribution in [1.82, 2.24) is 15.3 Å². The molecule has 0 unspecified atom stereocenters. The third-order valence-electron chi connectivity index (χ3n) is 5.00. The predicted molar refractivity (Wildman–Crippen MR) is 148 cm³/mol. The van der Waals surface area contributed by atoms with Crippen molar-refractivity contribution in [3.8, 4) is 21.7 Å². The van der Waals surface area contributed by atoms with Gasteiger partial charge in [-0.3, -0.25) is 19.6 Å². The molecule has 2 amide bonds. The molecule has 0 bridgehead atoms. The number of nitrogens with one attached hydrogen (secondary N) is 2. The Morgan fingerprint density at radius 1 is 1.22 bits per heavy atom. The van der Waals surface area contributed by atoms with E-state index < -0.39 is 0 Å². The second-order valence-corrected chi connectivity index (χ2v) is 9.58. The molecule has 4 rings (SSSR count). The number of pyridine rings is 1. The molecule has 2 N–H and O–H groups in total. The summed E-state index contributed by atoms with van der Waals surface area (Å²) in [5, 5.41) is 12.0.